The summed E-state index contributed by atoms with van der Waals surface area (Å²) in [4.78, 5) is 21.8. The molecule has 0 radical (unpaired) electrons. The van der Waals surface area contributed by atoms with E-state index < -0.39 is 17.4 Å². The largest absolute Gasteiger partial charge is 0.481 e. The number of aliphatic carboxylic acids is 2. The standard InChI is InChI=1S/C17H30O4/c1-16(2)12-17(13-16,15(20)21)11-9-7-5-3-4-6-8-10-14(18)19/h3-13H2,1-2H3,(H,18,19)(H,20,21). The van der Waals surface area contributed by atoms with Gasteiger partial charge in [0.15, 0.2) is 0 Å². The molecule has 0 atom stereocenters. The van der Waals surface area contributed by atoms with Crippen LogP contribution in [0.2, 0.25) is 0 Å². The lowest BCUT2D eigenvalue weighted by Crippen LogP contribution is -2.48. The van der Waals surface area contributed by atoms with Gasteiger partial charge in [-0.2, -0.15) is 0 Å². The summed E-state index contributed by atoms with van der Waals surface area (Å²) in [5, 5.41) is 17.9. The minimum absolute atomic E-state index is 0.197. The smallest absolute Gasteiger partial charge is 0.309 e. The maximum absolute atomic E-state index is 11.4. The normalized spacial score (nSPS) is 19.0. The van der Waals surface area contributed by atoms with E-state index >= 15 is 0 Å². The van der Waals surface area contributed by atoms with Crippen molar-refractivity contribution in [2.45, 2.75) is 84.5 Å². The minimum Gasteiger partial charge on any atom is -0.481 e. The number of unbranched alkanes of at least 4 members (excludes halogenated alkanes) is 6. The number of carbonyl (C=O) groups is 2. The van der Waals surface area contributed by atoms with E-state index in [1.54, 1.807) is 0 Å². The fourth-order valence-electron chi connectivity index (χ4n) is 3.84. The summed E-state index contributed by atoms with van der Waals surface area (Å²) in [5.41, 5.74) is -0.256. The molecule has 1 fully saturated rings. The molecule has 122 valence electrons. The molecule has 0 bridgehead atoms. The summed E-state index contributed by atoms with van der Waals surface area (Å²) in [6, 6.07) is 0. The first-order valence-corrected chi connectivity index (χ1v) is 8.23. The molecule has 0 aliphatic heterocycles. The zero-order valence-corrected chi connectivity index (χ0v) is 13.5. The molecule has 0 heterocycles. The van der Waals surface area contributed by atoms with Crippen LogP contribution in [0.3, 0.4) is 0 Å². The van der Waals surface area contributed by atoms with E-state index in [0.29, 0.717) is 0 Å². The van der Waals surface area contributed by atoms with Gasteiger partial charge in [-0.3, -0.25) is 9.59 Å². The number of hydrogen-bond acceptors (Lipinski definition) is 2. The van der Waals surface area contributed by atoms with Crippen LogP contribution < -0.4 is 0 Å². The first-order valence-electron chi connectivity index (χ1n) is 8.23. The third-order valence-electron chi connectivity index (χ3n) is 4.63. The van der Waals surface area contributed by atoms with E-state index in [0.717, 1.165) is 64.2 Å². The van der Waals surface area contributed by atoms with E-state index in [2.05, 4.69) is 13.8 Å². The molecular weight excluding hydrogens is 268 g/mol. The maximum atomic E-state index is 11.4. The molecule has 4 heteroatoms. The first kappa shape index (κ1) is 18.0. The van der Waals surface area contributed by atoms with Crippen LogP contribution >= 0.6 is 0 Å². The van der Waals surface area contributed by atoms with Gasteiger partial charge < -0.3 is 10.2 Å². The number of rotatable bonds is 11. The molecule has 1 aliphatic rings. The Bertz CT molecular complexity index is 352. The van der Waals surface area contributed by atoms with Crippen molar-refractivity contribution in [2.75, 3.05) is 0 Å². The summed E-state index contributed by atoms with van der Waals surface area (Å²) in [6.45, 7) is 4.29. The minimum atomic E-state index is -0.711. The molecule has 21 heavy (non-hydrogen) atoms. The van der Waals surface area contributed by atoms with Gasteiger partial charge in [0, 0.05) is 6.42 Å². The first-order chi connectivity index (χ1) is 9.77. The summed E-state index contributed by atoms with van der Waals surface area (Å²) in [5.74, 6) is -1.33. The summed E-state index contributed by atoms with van der Waals surface area (Å²) in [6.07, 6.45) is 9.90. The van der Waals surface area contributed by atoms with Gasteiger partial charge in [-0.25, -0.2) is 0 Å². The number of carboxylic acid groups (broad SMARTS) is 2. The van der Waals surface area contributed by atoms with E-state index in [4.69, 9.17) is 5.11 Å². The molecule has 0 spiro atoms. The third-order valence-corrected chi connectivity index (χ3v) is 4.63. The van der Waals surface area contributed by atoms with Crippen molar-refractivity contribution in [2.24, 2.45) is 10.8 Å². The Morgan fingerprint density at radius 1 is 0.857 bits per heavy atom. The second-order valence-electron chi connectivity index (χ2n) is 7.47. The molecule has 0 aromatic rings. The molecule has 1 aliphatic carbocycles. The monoisotopic (exact) mass is 298 g/mol. The van der Waals surface area contributed by atoms with Crippen LogP contribution in [0.25, 0.3) is 0 Å². The van der Waals surface area contributed by atoms with E-state index in [9.17, 15) is 14.7 Å². The van der Waals surface area contributed by atoms with Crippen molar-refractivity contribution in [3.63, 3.8) is 0 Å². The van der Waals surface area contributed by atoms with Gasteiger partial charge in [-0.15, -0.1) is 0 Å². The summed E-state index contributed by atoms with van der Waals surface area (Å²) in [7, 11) is 0. The van der Waals surface area contributed by atoms with Crippen LogP contribution in [0, 0.1) is 10.8 Å². The number of hydrogen-bond donors (Lipinski definition) is 2. The van der Waals surface area contributed by atoms with Crippen LogP contribution in [-0.2, 0) is 9.59 Å². The highest BCUT2D eigenvalue weighted by Crippen LogP contribution is 2.56. The van der Waals surface area contributed by atoms with Gasteiger partial charge in [0.25, 0.3) is 0 Å². The van der Waals surface area contributed by atoms with Gasteiger partial charge >= 0.3 is 11.9 Å². The highest BCUT2D eigenvalue weighted by atomic mass is 16.4. The molecule has 0 amide bonds. The Kier molecular flexibility index (Phi) is 6.69. The summed E-state index contributed by atoms with van der Waals surface area (Å²) >= 11 is 0. The Hall–Kier alpha value is -1.06. The van der Waals surface area contributed by atoms with Crippen molar-refractivity contribution >= 4 is 11.9 Å². The van der Waals surface area contributed by atoms with Crippen molar-refractivity contribution < 1.29 is 19.8 Å². The van der Waals surface area contributed by atoms with Gasteiger partial charge in [-0.05, 0) is 31.1 Å². The highest BCUT2D eigenvalue weighted by Gasteiger charge is 2.53. The summed E-state index contributed by atoms with van der Waals surface area (Å²) < 4.78 is 0. The van der Waals surface area contributed by atoms with Gasteiger partial charge in [0.05, 0.1) is 5.41 Å². The highest BCUT2D eigenvalue weighted by molar-refractivity contribution is 5.76. The molecule has 0 aromatic heterocycles. The van der Waals surface area contributed by atoms with Gasteiger partial charge in [0.1, 0.15) is 0 Å². The fourth-order valence-corrected chi connectivity index (χ4v) is 3.84. The molecule has 1 rings (SSSR count). The lowest BCUT2D eigenvalue weighted by molar-refractivity contribution is -0.164. The molecule has 2 N–H and O–H groups in total. The molecule has 0 saturated heterocycles. The van der Waals surface area contributed by atoms with E-state index in [-0.39, 0.29) is 11.8 Å². The predicted molar refractivity (Wildman–Crippen MR) is 82.3 cm³/mol. The molecule has 1 saturated carbocycles. The average molecular weight is 298 g/mol. The molecular formula is C17H30O4. The van der Waals surface area contributed by atoms with Gasteiger partial charge in [-0.1, -0.05) is 52.4 Å². The van der Waals surface area contributed by atoms with Gasteiger partial charge in [0.2, 0.25) is 0 Å². The Labute approximate surface area is 127 Å². The predicted octanol–water partition coefficient (Wildman–Crippen LogP) is 4.47. The fraction of sp³-hybridized carbons (Fsp3) is 0.882. The maximum Gasteiger partial charge on any atom is 0.309 e. The van der Waals surface area contributed by atoms with Crippen LogP contribution in [0.1, 0.15) is 84.5 Å². The van der Waals surface area contributed by atoms with Crippen LogP contribution in [0.4, 0.5) is 0 Å². The Morgan fingerprint density at radius 3 is 1.76 bits per heavy atom. The SMILES string of the molecule is CC1(C)CC(CCCCCCCCCC(=O)O)(C(=O)O)C1. The lowest BCUT2D eigenvalue weighted by atomic mass is 9.53. The van der Waals surface area contributed by atoms with Crippen molar-refractivity contribution in [3.05, 3.63) is 0 Å². The van der Waals surface area contributed by atoms with Crippen LogP contribution in [0.5, 0.6) is 0 Å². The molecule has 0 aromatic carbocycles. The quantitative estimate of drug-likeness (QED) is 0.552. The Balaban J connectivity index is 2.03. The third kappa shape index (κ3) is 6.06. The van der Waals surface area contributed by atoms with Crippen molar-refractivity contribution in [3.8, 4) is 0 Å². The lowest BCUT2D eigenvalue weighted by Gasteiger charge is -2.50. The zero-order chi connectivity index (χ0) is 15.9. The zero-order valence-electron chi connectivity index (χ0n) is 13.5. The second-order valence-corrected chi connectivity index (χ2v) is 7.47. The topological polar surface area (TPSA) is 74.6 Å². The Morgan fingerprint density at radius 2 is 1.33 bits per heavy atom. The molecule has 0 unspecified atom stereocenters. The van der Waals surface area contributed by atoms with Crippen LogP contribution in [0.15, 0.2) is 0 Å². The van der Waals surface area contributed by atoms with E-state index in [1.165, 1.54) is 0 Å². The van der Waals surface area contributed by atoms with Crippen molar-refractivity contribution in [1.82, 2.24) is 0 Å². The molecule has 4 nitrogen and oxygen atoms in total. The van der Waals surface area contributed by atoms with E-state index in [1.807, 2.05) is 0 Å². The number of carboxylic acids is 2. The second kappa shape index (κ2) is 7.81. The average Bonchev–Trinajstić information content (AvgIpc) is 2.33. The van der Waals surface area contributed by atoms with Crippen molar-refractivity contribution in [1.29, 1.82) is 0 Å². The van der Waals surface area contributed by atoms with Crippen LogP contribution in [-0.4, -0.2) is 22.2 Å².